The van der Waals surface area contributed by atoms with Gasteiger partial charge in [0.2, 0.25) is 0 Å². The van der Waals surface area contributed by atoms with Crippen LogP contribution in [0.2, 0.25) is 0 Å². The second-order valence-corrected chi connectivity index (χ2v) is 7.17. The summed E-state index contributed by atoms with van der Waals surface area (Å²) in [6.07, 6.45) is 0. The van der Waals surface area contributed by atoms with Crippen LogP contribution in [-0.4, -0.2) is 51.4 Å². The number of halogens is 1. The Hall–Kier alpha value is -1.55. The number of β-lactam (4-membered cyclic amide) rings is 1. The number of carbonyl (C=O) groups is 3. The van der Waals surface area contributed by atoms with E-state index in [4.69, 9.17) is 4.74 Å². The number of fused-ring (bicyclic) bond motifs is 1. The van der Waals surface area contributed by atoms with Gasteiger partial charge in [-0.15, -0.1) is 11.8 Å². The minimum atomic E-state index is -0.627. The average molecular weight is 458 g/mol. The van der Waals surface area contributed by atoms with Crippen LogP contribution >= 0.6 is 34.4 Å². The normalized spacial score (nSPS) is 22.6. The minimum Gasteiger partial charge on any atom is -0.464 e. The Labute approximate surface area is 157 Å². The molecule has 2 heterocycles. The van der Waals surface area contributed by atoms with Gasteiger partial charge in [0.1, 0.15) is 17.1 Å². The van der Waals surface area contributed by atoms with Crippen molar-refractivity contribution in [3.8, 4) is 0 Å². The Morgan fingerprint density at radius 3 is 2.71 bits per heavy atom. The third-order valence-electron chi connectivity index (χ3n) is 3.91. The molecular formula is C16H15IN2O4S. The van der Waals surface area contributed by atoms with Crippen molar-refractivity contribution < 1.29 is 19.1 Å². The van der Waals surface area contributed by atoms with Gasteiger partial charge in [0.05, 0.1) is 7.11 Å². The number of carbonyl (C=O) groups excluding carboxylic acids is 3. The summed E-state index contributed by atoms with van der Waals surface area (Å²) in [7, 11) is 1.30. The number of ether oxygens (including phenoxy) is 1. The number of esters is 1. The largest absolute Gasteiger partial charge is 0.464 e. The first kappa shape index (κ1) is 17.3. The number of nitrogens with zero attached hydrogens (tertiary/aromatic N) is 1. The molecule has 1 fully saturated rings. The predicted molar refractivity (Wildman–Crippen MR) is 98.7 cm³/mol. The van der Waals surface area contributed by atoms with E-state index < -0.39 is 12.0 Å². The van der Waals surface area contributed by atoms with E-state index >= 15 is 0 Å². The van der Waals surface area contributed by atoms with Crippen LogP contribution in [0.1, 0.15) is 10.4 Å². The maximum absolute atomic E-state index is 12.5. The van der Waals surface area contributed by atoms with Gasteiger partial charge in [-0.3, -0.25) is 14.5 Å². The van der Waals surface area contributed by atoms with Crippen molar-refractivity contribution in [2.75, 3.05) is 17.3 Å². The summed E-state index contributed by atoms with van der Waals surface area (Å²) in [6, 6.07) is 8.12. The quantitative estimate of drug-likeness (QED) is 0.321. The minimum absolute atomic E-state index is 0.272. The number of benzene rings is 1. The van der Waals surface area contributed by atoms with Gasteiger partial charge < -0.3 is 10.1 Å². The standard InChI is InChI=1S/C16H15IN2O4S/c1-23-16(22)12-10(7-17)8-24-15-11(14(21)19(12)15)18-13(20)9-5-3-2-4-6-9/h2-6,11,15H,7-8H2,1H3,(H,18,20)/t11?,15-/m1/s1. The molecule has 0 aromatic heterocycles. The van der Waals surface area contributed by atoms with Crippen LogP contribution in [0.15, 0.2) is 41.6 Å². The predicted octanol–water partition coefficient (Wildman–Crippen LogP) is 1.56. The monoisotopic (exact) mass is 458 g/mol. The molecule has 1 aromatic carbocycles. The van der Waals surface area contributed by atoms with E-state index in [1.807, 2.05) is 6.07 Å². The first-order valence-electron chi connectivity index (χ1n) is 7.25. The van der Waals surface area contributed by atoms with Gasteiger partial charge in [-0.1, -0.05) is 40.8 Å². The Bertz CT molecular complexity index is 722. The Kier molecular flexibility index (Phi) is 5.14. The fraction of sp³-hybridized carbons (Fsp3) is 0.312. The summed E-state index contributed by atoms with van der Waals surface area (Å²) in [6.45, 7) is 0. The third-order valence-corrected chi connectivity index (χ3v) is 6.17. The molecular weight excluding hydrogens is 443 g/mol. The van der Waals surface area contributed by atoms with E-state index in [0.29, 0.717) is 21.4 Å². The van der Waals surface area contributed by atoms with Crippen LogP contribution in [0, 0.1) is 0 Å². The number of rotatable bonds is 4. The molecule has 0 radical (unpaired) electrons. The molecule has 24 heavy (non-hydrogen) atoms. The molecule has 2 amide bonds. The van der Waals surface area contributed by atoms with Crippen molar-refractivity contribution in [2.24, 2.45) is 0 Å². The number of nitrogens with one attached hydrogen (secondary N) is 1. The number of hydrogen-bond acceptors (Lipinski definition) is 5. The molecule has 6 nitrogen and oxygen atoms in total. The molecule has 2 atom stereocenters. The van der Waals surface area contributed by atoms with Gasteiger partial charge in [0.15, 0.2) is 0 Å². The highest BCUT2D eigenvalue weighted by Gasteiger charge is 2.54. The number of thioether (sulfide) groups is 1. The fourth-order valence-corrected chi connectivity index (χ4v) is 5.03. The molecule has 0 bridgehead atoms. The van der Waals surface area contributed by atoms with Crippen LogP contribution in [0.25, 0.3) is 0 Å². The number of amides is 2. The highest BCUT2D eigenvalue weighted by Crippen LogP contribution is 2.41. The van der Waals surface area contributed by atoms with E-state index in [9.17, 15) is 14.4 Å². The second-order valence-electron chi connectivity index (χ2n) is 5.30. The first-order valence-corrected chi connectivity index (χ1v) is 9.82. The molecule has 8 heteroatoms. The smallest absolute Gasteiger partial charge is 0.354 e. The van der Waals surface area contributed by atoms with E-state index in [1.54, 1.807) is 36.0 Å². The molecule has 1 saturated heterocycles. The summed E-state index contributed by atoms with van der Waals surface area (Å²) in [5, 5.41) is 2.49. The molecule has 2 aliphatic rings. The van der Waals surface area contributed by atoms with Crippen LogP contribution in [0.3, 0.4) is 0 Å². The summed E-state index contributed by atoms with van der Waals surface area (Å²) in [4.78, 5) is 38.3. The Morgan fingerprint density at radius 2 is 2.08 bits per heavy atom. The lowest BCUT2D eigenvalue weighted by Crippen LogP contribution is -2.70. The SMILES string of the molecule is COC(=O)C1=C(CI)CS[C@@H]2C(NC(=O)c3ccccc3)C(=O)N12. The van der Waals surface area contributed by atoms with Gasteiger partial charge in [-0.2, -0.15) is 0 Å². The molecule has 1 N–H and O–H groups in total. The average Bonchev–Trinajstić information content (AvgIpc) is 2.64. The van der Waals surface area contributed by atoms with Crippen molar-refractivity contribution in [3.63, 3.8) is 0 Å². The molecule has 0 aliphatic carbocycles. The van der Waals surface area contributed by atoms with Crippen molar-refractivity contribution in [1.29, 1.82) is 0 Å². The van der Waals surface area contributed by atoms with Gasteiger partial charge in [0.25, 0.3) is 11.8 Å². The molecule has 0 spiro atoms. The topological polar surface area (TPSA) is 75.7 Å². The van der Waals surface area contributed by atoms with Crippen molar-refractivity contribution in [1.82, 2.24) is 10.2 Å². The summed E-state index contributed by atoms with van der Waals surface area (Å²) < 4.78 is 5.46. The fourth-order valence-electron chi connectivity index (χ4n) is 2.69. The first-order chi connectivity index (χ1) is 11.6. The molecule has 3 rings (SSSR count). The highest BCUT2D eigenvalue weighted by molar-refractivity contribution is 14.1. The van der Waals surface area contributed by atoms with Gasteiger partial charge >= 0.3 is 5.97 Å². The van der Waals surface area contributed by atoms with Crippen LogP contribution < -0.4 is 5.32 Å². The molecule has 126 valence electrons. The van der Waals surface area contributed by atoms with Crippen molar-refractivity contribution >= 4 is 52.1 Å². The Morgan fingerprint density at radius 1 is 1.38 bits per heavy atom. The lowest BCUT2D eigenvalue weighted by Gasteiger charge is -2.49. The summed E-state index contributed by atoms with van der Waals surface area (Å²) in [5.74, 6) is -0.440. The molecule has 0 saturated carbocycles. The zero-order valence-electron chi connectivity index (χ0n) is 12.8. The highest BCUT2D eigenvalue weighted by atomic mass is 127. The number of hydrogen-bond donors (Lipinski definition) is 1. The van der Waals surface area contributed by atoms with Crippen LogP contribution in [0.5, 0.6) is 0 Å². The maximum atomic E-state index is 12.5. The molecule has 2 aliphatic heterocycles. The summed E-state index contributed by atoms with van der Waals surface area (Å²) in [5.41, 5.74) is 1.71. The molecule has 1 aromatic rings. The zero-order valence-corrected chi connectivity index (χ0v) is 15.8. The van der Waals surface area contributed by atoms with E-state index in [2.05, 4.69) is 27.9 Å². The Balaban J connectivity index is 1.78. The van der Waals surface area contributed by atoms with Gasteiger partial charge in [0, 0.05) is 15.7 Å². The second kappa shape index (κ2) is 7.14. The van der Waals surface area contributed by atoms with E-state index in [0.717, 1.165) is 5.57 Å². The maximum Gasteiger partial charge on any atom is 0.354 e. The van der Waals surface area contributed by atoms with Gasteiger partial charge in [-0.05, 0) is 17.7 Å². The summed E-state index contributed by atoms with van der Waals surface area (Å²) >= 11 is 3.71. The number of methoxy groups -OCH3 is 1. The lowest BCUT2D eigenvalue weighted by molar-refractivity contribution is -0.150. The lowest BCUT2D eigenvalue weighted by atomic mass is 10.0. The van der Waals surface area contributed by atoms with E-state index in [-0.39, 0.29) is 17.2 Å². The van der Waals surface area contributed by atoms with Crippen LogP contribution in [0.4, 0.5) is 0 Å². The van der Waals surface area contributed by atoms with Gasteiger partial charge in [-0.25, -0.2) is 4.79 Å². The van der Waals surface area contributed by atoms with Crippen molar-refractivity contribution in [2.45, 2.75) is 11.4 Å². The molecule has 1 unspecified atom stereocenters. The van der Waals surface area contributed by atoms with E-state index in [1.165, 1.54) is 12.0 Å². The van der Waals surface area contributed by atoms with Crippen molar-refractivity contribution in [3.05, 3.63) is 47.2 Å². The number of alkyl halides is 1. The van der Waals surface area contributed by atoms with Crippen LogP contribution in [-0.2, 0) is 14.3 Å². The third kappa shape index (κ3) is 2.92. The zero-order chi connectivity index (χ0) is 17.3.